The van der Waals surface area contributed by atoms with Crippen LogP contribution in [0.2, 0.25) is 0 Å². The van der Waals surface area contributed by atoms with Gasteiger partial charge in [-0.2, -0.15) is 0 Å². The fourth-order valence-corrected chi connectivity index (χ4v) is 3.08. The zero-order valence-corrected chi connectivity index (χ0v) is 12.6. The highest BCUT2D eigenvalue weighted by Crippen LogP contribution is 2.29. The van der Waals surface area contributed by atoms with Crippen molar-refractivity contribution in [2.75, 3.05) is 6.54 Å². The van der Waals surface area contributed by atoms with Gasteiger partial charge in [-0.3, -0.25) is 9.78 Å². The van der Waals surface area contributed by atoms with Gasteiger partial charge < -0.3 is 10.0 Å². The molecule has 114 valence electrons. The molecule has 0 bridgehead atoms. The summed E-state index contributed by atoms with van der Waals surface area (Å²) in [5.74, 6) is -0.0299. The molecule has 0 aliphatic carbocycles. The summed E-state index contributed by atoms with van der Waals surface area (Å²) in [6, 6.07) is 17.3. The van der Waals surface area contributed by atoms with Crippen LogP contribution in [0.1, 0.15) is 21.6 Å². The lowest BCUT2D eigenvalue weighted by atomic mass is 10.1. The van der Waals surface area contributed by atoms with Gasteiger partial charge in [-0.15, -0.1) is 0 Å². The number of hydrogen-bond donors (Lipinski definition) is 1. The van der Waals surface area contributed by atoms with E-state index in [1.807, 2.05) is 36.4 Å². The highest BCUT2D eigenvalue weighted by molar-refractivity contribution is 6.00. The number of carbonyl (C=O) groups excluding carboxylic acids is 1. The van der Waals surface area contributed by atoms with Crippen LogP contribution in [-0.2, 0) is 13.0 Å². The van der Waals surface area contributed by atoms with Gasteiger partial charge >= 0.3 is 0 Å². The number of phenolic OH excluding ortho intramolecular Hbond substituents is 1. The first-order chi connectivity index (χ1) is 11.2. The normalized spacial score (nSPS) is 13.6. The van der Waals surface area contributed by atoms with Crippen LogP contribution < -0.4 is 0 Å². The van der Waals surface area contributed by atoms with E-state index in [0.29, 0.717) is 25.1 Å². The second-order valence-corrected chi connectivity index (χ2v) is 5.78. The van der Waals surface area contributed by atoms with Gasteiger partial charge in [0.2, 0.25) is 0 Å². The molecule has 0 atom stereocenters. The average Bonchev–Trinajstić information content (AvgIpc) is 2.90. The molecular weight excluding hydrogens is 288 g/mol. The van der Waals surface area contributed by atoms with Gasteiger partial charge in [-0.25, -0.2) is 0 Å². The third kappa shape index (κ3) is 2.42. The molecule has 2 heterocycles. The summed E-state index contributed by atoms with van der Waals surface area (Å²) in [7, 11) is 0. The molecule has 4 rings (SSSR count). The summed E-state index contributed by atoms with van der Waals surface area (Å²) in [4.78, 5) is 18.8. The number of benzene rings is 2. The fraction of sp³-hybridized carbons (Fsp3) is 0.158. The molecule has 23 heavy (non-hydrogen) atoms. The van der Waals surface area contributed by atoms with Crippen LogP contribution in [0.25, 0.3) is 10.9 Å². The maximum Gasteiger partial charge on any atom is 0.258 e. The molecule has 3 aromatic rings. The number of phenols is 1. The van der Waals surface area contributed by atoms with Gasteiger partial charge in [-0.05, 0) is 23.8 Å². The quantitative estimate of drug-likeness (QED) is 0.809. The van der Waals surface area contributed by atoms with E-state index < -0.39 is 0 Å². The predicted molar refractivity (Wildman–Crippen MR) is 88.3 cm³/mol. The Hall–Kier alpha value is -2.88. The Kier molecular flexibility index (Phi) is 3.23. The second kappa shape index (κ2) is 5.39. The van der Waals surface area contributed by atoms with Crippen molar-refractivity contribution >= 4 is 16.8 Å². The Labute approximate surface area is 134 Å². The Balaban J connectivity index is 1.51. The molecule has 1 aliphatic heterocycles. The number of carbonyl (C=O) groups is 1. The minimum Gasteiger partial charge on any atom is -0.507 e. The van der Waals surface area contributed by atoms with Crippen molar-refractivity contribution in [1.29, 1.82) is 0 Å². The SMILES string of the molecule is O=C1c2c(O)cccc2CN1CCc1ccc2ccccc2n1. The molecule has 1 N–H and O–H groups in total. The number of nitrogens with zero attached hydrogens (tertiary/aromatic N) is 2. The van der Waals surface area contributed by atoms with Gasteiger partial charge in [0.25, 0.3) is 5.91 Å². The first-order valence-corrected chi connectivity index (χ1v) is 7.67. The highest BCUT2D eigenvalue weighted by atomic mass is 16.3. The zero-order chi connectivity index (χ0) is 15.8. The zero-order valence-electron chi connectivity index (χ0n) is 12.6. The maximum atomic E-state index is 12.4. The van der Waals surface area contributed by atoms with Crippen molar-refractivity contribution in [1.82, 2.24) is 9.88 Å². The minimum absolute atomic E-state index is 0.0684. The number of amides is 1. The summed E-state index contributed by atoms with van der Waals surface area (Å²) < 4.78 is 0. The molecule has 0 saturated carbocycles. The molecule has 0 saturated heterocycles. The molecule has 1 aromatic heterocycles. The molecule has 4 nitrogen and oxygen atoms in total. The van der Waals surface area contributed by atoms with Crippen LogP contribution in [-0.4, -0.2) is 27.4 Å². The fourth-order valence-electron chi connectivity index (χ4n) is 3.08. The summed E-state index contributed by atoms with van der Waals surface area (Å²) in [6.45, 7) is 1.15. The molecule has 0 spiro atoms. The molecule has 4 heteroatoms. The lowest BCUT2D eigenvalue weighted by molar-refractivity contribution is 0.0778. The first kappa shape index (κ1) is 13.8. The summed E-state index contributed by atoms with van der Waals surface area (Å²) in [5, 5.41) is 11.0. The number of aromatic hydroxyl groups is 1. The van der Waals surface area contributed by atoms with Crippen LogP contribution in [0, 0.1) is 0 Å². The number of rotatable bonds is 3. The standard InChI is InChI=1S/C19H16N2O2/c22-17-7-3-5-14-12-21(19(23)18(14)17)11-10-15-9-8-13-4-1-2-6-16(13)20-15/h1-9,22H,10-12H2. The molecule has 0 fully saturated rings. The van der Waals surface area contributed by atoms with Crippen molar-refractivity contribution in [3.05, 3.63) is 71.4 Å². The summed E-state index contributed by atoms with van der Waals surface area (Å²) in [5.41, 5.74) is 3.27. The Morgan fingerprint density at radius 1 is 1.04 bits per heavy atom. The number of aromatic nitrogens is 1. The number of fused-ring (bicyclic) bond motifs is 2. The largest absolute Gasteiger partial charge is 0.507 e. The maximum absolute atomic E-state index is 12.4. The van der Waals surface area contributed by atoms with Gasteiger partial charge in [-0.1, -0.05) is 36.4 Å². The van der Waals surface area contributed by atoms with Gasteiger partial charge in [0, 0.05) is 30.6 Å². The van der Waals surface area contributed by atoms with Crippen LogP contribution in [0.5, 0.6) is 5.75 Å². The van der Waals surface area contributed by atoms with Crippen molar-refractivity contribution in [2.24, 2.45) is 0 Å². The molecule has 0 radical (unpaired) electrons. The number of para-hydroxylation sites is 1. The minimum atomic E-state index is -0.0983. The van der Waals surface area contributed by atoms with Crippen LogP contribution in [0.3, 0.4) is 0 Å². The van der Waals surface area contributed by atoms with Crippen molar-refractivity contribution in [3.8, 4) is 5.75 Å². The third-order valence-electron chi connectivity index (χ3n) is 4.28. The predicted octanol–water partition coefficient (Wildman–Crippen LogP) is 3.14. The summed E-state index contributed by atoms with van der Waals surface area (Å²) in [6.07, 6.45) is 0.700. The van der Waals surface area contributed by atoms with E-state index in [1.165, 1.54) is 0 Å². The van der Waals surface area contributed by atoms with E-state index in [0.717, 1.165) is 22.2 Å². The topological polar surface area (TPSA) is 53.4 Å². The van der Waals surface area contributed by atoms with Crippen molar-refractivity contribution in [2.45, 2.75) is 13.0 Å². The summed E-state index contributed by atoms with van der Waals surface area (Å²) >= 11 is 0. The van der Waals surface area contributed by atoms with E-state index in [-0.39, 0.29) is 11.7 Å². The van der Waals surface area contributed by atoms with E-state index in [4.69, 9.17) is 0 Å². The Morgan fingerprint density at radius 3 is 2.78 bits per heavy atom. The number of hydrogen-bond acceptors (Lipinski definition) is 3. The lowest BCUT2D eigenvalue weighted by Gasteiger charge is -2.15. The lowest BCUT2D eigenvalue weighted by Crippen LogP contribution is -2.26. The van der Waals surface area contributed by atoms with Crippen LogP contribution >= 0.6 is 0 Å². The molecule has 1 amide bonds. The molecule has 2 aromatic carbocycles. The van der Waals surface area contributed by atoms with Crippen LogP contribution in [0.15, 0.2) is 54.6 Å². The van der Waals surface area contributed by atoms with Crippen LogP contribution in [0.4, 0.5) is 0 Å². The van der Waals surface area contributed by atoms with Gasteiger partial charge in [0.15, 0.2) is 0 Å². The van der Waals surface area contributed by atoms with E-state index in [1.54, 1.807) is 17.0 Å². The van der Waals surface area contributed by atoms with Gasteiger partial charge in [0.05, 0.1) is 11.1 Å². The molecule has 1 aliphatic rings. The molecular formula is C19H16N2O2. The first-order valence-electron chi connectivity index (χ1n) is 7.67. The molecule has 0 unspecified atom stereocenters. The highest BCUT2D eigenvalue weighted by Gasteiger charge is 2.29. The van der Waals surface area contributed by atoms with E-state index >= 15 is 0 Å². The van der Waals surface area contributed by atoms with Crippen molar-refractivity contribution < 1.29 is 9.90 Å². The number of pyridine rings is 1. The monoisotopic (exact) mass is 304 g/mol. The average molecular weight is 304 g/mol. The second-order valence-electron chi connectivity index (χ2n) is 5.78. The van der Waals surface area contributed by atoms with Crippen molar-refractivity contribution in [3.63, 3.8) is 0 Å². The Morgan fingerprint density at radius 2 is 1.91 bits per heavy atom. The smallest absolute Gasteiger partial charge is 0.258 e. The van der Waals surface area contributed by atoms with E-state index in [9.17, 15) is 9.90 Å². The third-order valence-corrected chi connectivity index (χ3v) is 4.28. The van der Waals surface area contributed by atoms with Gasteiger partial charge in [0.1, 0.15) is 5.75 Å². The Bertz CT molecular complexity index is 905. The van der Waals surface area contributed by atoms with E-state index in [2.05, 4.69) is 11.1 Å².